The van der Waals surface area contributed by atoms with Crippen molar-refractivity contribution in [2.24, 2.45) is 5.73 Å². The largest absolute Gasteiger partial charge is 0.465 e. The van der Waals surface area contributed by atoms with E-state index in [9.17, 15) is 0 Å². The summed E-state index contributed by atoms with van der Waals surface area (Å²) < 4.78 is 0. The van der Waals surface area contributed by atoms with Gasteiger partial charge in [-0.1, -0.05) is 0 Å². The predicted octanol–water partition coefficient (Wildman–Crippen LogP) is -0.0966. The summed E-state index contributed by atoms with van der Waals surface area (Å²) in [5.41, 5.74) is 4.03. The predicted molar refractivity (Wildman–Crippen MR) is 37.5 cm³/mol. The van der Waals surface area contributed by atoms with Crippen LogP contribution >= 0.6 is 11.8 Å². The number of thioether (sulfide) groups is 1. The SMILES string of the molecule is C1CSCN1.NC(=O)O. The van der Waals surface area contributed by atoms with E-state index >= 15 is 0 Å². The maximum atomic E-state index is 8.78. The lowest BCUT2D eigenvalue weighted by atomic mass is 10.8. The molecule has 0 radical (unpaired) electrons. The number of carboxylic acid groups (broad SMARTS) is 1. The van der Waals surface area contributed by atoms with Gasteiger partial charge in [0.1, 0.15) is 0 Å². The average molecular weight is 150 g/mol. The first-order valence-corrected chi connectivity index (χ1v) is 3.66. The molecule has 1 heterocycles. The quantitative estimate of drug-likeness (QED) is 0.451. The normalized spacial score (nSPS) is 16.0. The van der Waals surface area contributed by atoms with Crippen LogP contribution in [0.25, 0.3) is 0 Å². The Morgan fingerprint density at radius 1 is 1.78 bits per heavy atom. The summed E-state index contributed by atoms with van der Waals surface area (Å²) in [5.74, 6) is 2.47. The van der Waals surface area contributed by atoms with Crippen molar-refractivity contribution in [3.8, 4) is 0 Å². The van der Waals surface area contributed by atoms with Gasteiger partial charge in [0, 0.05) is 18.2 Å². The highest BCUT2D eigenvalue weighted by Crippen LogP contribution is 1.99. The maximum absolute atomic E-state index is 8.78. The average Bonchev–Trinajstić information content (AvgIpc) is 2.11. The van der Waals surface area contributed by atoms with Crippen LogP contribution in [0.15, 0.2) is 0 Å². The Bertz CT molecular complexity index is 73.0. The highest BCUT2D eigenvalue weighted by atomic mass is 32.2. The molecule has 0 bridgehead atoms. The van der Waals surface area contributed by atoms with Gasteiger partial charge in [0.15, 0.2) is 0 Å². The summed E-state index contributed by atoms with van der Waals surface area (Å²) in [6.07, 6.45) is -1.33. The second-order valence-corrected chi connectivity index (χ2v) is 2.50. The summed E-state index contributed by atoms with van der Waals surface area (Å²) in [4.78, 5) is 8.78. The molecule has 0 aromatic heterocycles. The van der Waals surface area contributed by atoms with Crippen molar-refractivity contribution in [2.45, 2.75) is 0 Å². The van der Waals surface area contributed by atoms with Crippen LogP contribution in [-0.2, 0) is 0 Å². The highest BCUT2D eigenvalue weighted by molar-refractivity contribution is 7.99. The molecule has 1 amide bonds. The lowest BCUT2D eigenvalue weighted by Gasteiger charge is -1.74. The Morgan fingerprint density at radius 3 is 2.44 bits per heavy atom. The molecule has 1 aliphatic rings. The van der Waals surface area contributed by atoms with Crippen LogP contribution in [0.1, 0.15) is 0 Å². The van der Waals surface area contributed by atoms with Crippen molar-refractivity contribution in [1.82, 2.24) is 5.32 Å². The van der Waals surface area contributed by atoms with Gasteiger partial charge in [-0.15, -0.1) is 11.8 Å². The third-order valence-electron chi connectivity index (χ3n) is 0.627. The summed E-state index contributed by atoms with van der Waals surface area (Å²) in [6, 6.07) is 0. The van der Waals surface area contributed by atoms with Crippen molar-refractivity contribution in [2.75, 3.05) is 18.2 Å². The first kappa shape index (κ1) is 8.58. The van der Waals surface area contributed by atoms with E-state index in [1.54, 1.807) is 0 Å². The molecular formula is C4H10N2O2S. The van der Waals surface area contributed by atoms with E-state index in [-0.39, 0.29) is 0 Å². The molecule has 1 fully saturated rings. The zero-order chi connectivity index (χ0) is 7.11. The van der Waals surface area contributed by atoms with Crippen LogP contribution in [0.3, 0.4) is 0 Å². The molecule has 1 rings (SSSR count). The maximum Gasteiger partial charge on any atom is 0.402 e. The number of hydrogen-bond acceptors (Lipinski definition) is 3. The van der Waals surface area contributed by atoms with Gasteiger partial charge < -0.3 is 16.2 Å². The molecule has 1 aliphatic heterocycles. The topological polar surface area (TPSA) is 75.3 Å². The molecule has 4 nitrogen and oxygen atoms in total. The molecule has 5 heteroatoms. The first-order valence-electron chi connectivity index (χ1n) is 2.50. The molecule has 0 aliphatic carbocycles. The van der Waals surface area contributed by atoms with Gasteiger partial charge in [-0.3, -0.25) is 0 Å². The van der Waals surface area contributed by atoms with E-state index in [1.165, 1.54) is 18.2 Å². The van der Waals surface area contributed by atoms with Gasteiger partial charge in [-0.05, 0) is 0 Å². The van der Waals surface area contributed by atoms with Gasteiger partial charge in [0.2, 0.25) is 0 Å². The number of carbonyl (C=O) groups is 1. The number of hydrogen-bond donors (Lipinski definition) is 3. The monoisotopic (exact) mass is 150 g/mol. The molecule has 0 aromatic rings. The molecule has 9 heavy (non-hydrogen) atoms. The molecule has 0 aromatic carbocycles. The minimum Gasteiger partial charge on any atom is -0.465 e. The molecule has 54 valence electrons. The van der Waals surface area contributed by atoms with E-state index in [4.69, 9.17) is 9.90 Å². The van der Waals surface area contributed by atoms with Gasteiger partial charge in [0.25, 0.3) is 0 Å². The third kappa shape index (κ3) is 11.3. The van der Waals surface area contributed by atoms with E-state index in [2.05, 4.69) is 11.1 Å². The van der Waals surface area contributed by atoms with Crippen LogP contribution in [-0.4, -0.2) is 29.4 Å². The fourth-order valence-corrected chi connectivity index (χ4v) is 1.08. The van der Waals surface area contributed by atoms with Crippen LogP contribution in [0.5, 0.6) is 0 Å². The second kappa shape index (κ2) is 5.71. The van der Waals surface area contributed by atoms with E-state index in [1.807, 2.05) is 11.8 Å². The number of primary amides is 1. The van der Waals surface area contributed by atoms with Gasteiger partial charge in [-0.25, -0.2) is 4.79 Å². The summed E-state index contributed by atoms with van der Waals surface area (Å²) in [5, 5.41) is 10.4. The lowest BCUT2D eigenvalue weighted by Crippen LogP contribution is -2.04. The number of rotatable bonds is 0. The number of amides is 1. The fourth-order valence-electron chi connectivity index (χ4n) is 0.361. The van der Waals surface area contributed by atoms with Crippen LogP contribution in [0.4, 0.5) is 4.79 Å². The Hall–Kier alpha value is -0.420. The van der Waals surface area contributed by atoms with Crippen molar-refractivity contribution in [3.63, 3.8) is 0 Å². The summed E-state index contributed by atoms with van der Waals surface area (Å²) in [6.45, 7) is 1.21. The van der Waals surface area contributed by atoms with Crippen molar-refractivity contribution in [1.29, 1.82) is 0 Å². The van der Waals surface area contributed by atoms with Crippen LogP contribution in [0.2, 0.25) is 0 Å². The minimum atomic E-state index is -1.33. The summed E-state index contributed by atoms with van der Waals surface area (Å²) in [7, 11) is 0. The fraction of sp³-hybridized carbons (Fsp3) is 0.750. The molecule has 0 saturated carbocycles. The molecule has 0 spiro atoms. The van der Waals surface area contributed by atoms with Crippen LogP contribution in [0, 0.1) is 0 Å². The van der Waals surface area contributed by atoms with Gasteiger partial charge in [0.05, 0.1) is 0 Å². The molecule has 0 unspecified atom stereocenters. The van der Waals surface area contributed by atoms with Crippen molar-refractivity contribution >= 4 is 17.9 Å². The Morgan fingerprint density at radius 2 is 2.33 bits per heavy atom. The molecular weight excluding hydrogens is 140 g/mol. The third-order valence-corrected chi connectivity index (χ3v) is 1.53. The van der Waals surface area contributed by atoms with Gasteiger partial charge >= 0.3 is 6.09 Å². The molecule has 1 saturated heterocycles. The molecule has 4 N–H and O–H groups in total. The Kier molecular flexibility index (Phi) is 5.45. The van der Waals surface area contributed by atoms with Crippen molar-refractivity contribution < 1.29 is 9.90 Å². The minimum absolute atomic E-state index is 1.17. The van der Waals surface area contributed by atoms with Gasteiger partial charge in [-0.2, -0.15) is 0 Å². The number of nitrogens with two attached hydrogens (primary N) is 1. The van der Waals surface area contributed by atoms with E-state index in [0.717, 1.165) is 0 Å². The molecule has 0 atom stereocenters. The Labute approximate surface area is 57.8 Å². The zero-order valence-corrected chi connectivity index (χ0v) is 5.78. The number of nitrogens with one attached hydrogen (secondary N) is 1. The standard InChI is InChI=1S/C3H7NS.CH3NO2/c1-2-5-3-4-1;2-1(3)4/h4H,1-3H2;2H2,(H,3,4). The smallest absolute Gasteiger partial charge is 0.402 e. The first-order chi connectivity index (χ1) is 4.23. The van der Waals surface area contributed by atoms with E-state index in [0.29, 0.717) is 0 Å². The van der Waals surface area contributed by atoms with Crippen LogP contribution < -0.4 is 11.1 Å². The second-order valence-electron chi connectivity index (χ2n) is 1.39. The van der Waals surface area contributed by atoms with Crippen molar-refractivity contribution in [3.05, 3.63) is 0 Å². The Balaban J connectivity index is 0.000000148. The lowest BCUT2D eigenvalue weighted by molar-refractivity contribution is 0.205. The zero-order valence-electron chi connectivity index (χ0n) is 4.96. The van der Waals surface area contributed by atoms with E-state index < -0.39 is 6.09 Å². The highest BCUT2D eigenvalue weighted by Gasteiger charge is 1.93. The summed E-state index contributed by atoms with van der Waals surface area (Å²) >= 11 is 1.96.